The maximum atomic E-state index is 12.4. The lowest BCUT2D eigenvalue weighted by Crippen LogP contribution is -2.20. The number of hydrogen-bond donors (Lipinski definition) is 0. The van der Waals surface area contributed by atoms with Crippen LogP contribution in [0.15, 0.2) is 0 Å². The molecule has 0 radical (unpaired) electrons. The molecule has 0 aromatic heterocycles. The van der Waals surface area contributed by atoms with E-state index in [1.165, 1.54) is 0 Å². The highest BCUT2D eigenvalue weighted by molar-refractivity contribution is 4.71. The van der Waals surface area contributed by atoms with Crippen molar-refractivity contribution < 1.29 is 9.13 Å². The van der Waals surface area contributed by atoms with E-state index in [0.29, 0.717) is 18.9 Å². The van der Waals surface area contributed by atoms with E-state index in [9.17, 15) is 4.39 Å². The Labute approximate surface area is 55.2 Å². The van der Waals surface area contributed by atoms with E-state index in [1.807, 2.05) is 0 Å². The van der Waals surface area contributed by atoms with E-state index in [0.717, 1.165) is 12.8 Å². The molecule has 0 saturated heterocycles. The molecule has 0 atom stereocenters. The van der Waals surface area contributed by atoms with Crippen molar-refractivity contribution in [3.63, 3.8) is 0 Å². The van der Waals surface area contributed by atoms with E-state index in [4.69, 9.17) is 4.74 Å². The molecule has 1 aliphatic rings. The highest BCUT2D eigenvalue weighted by atomic mass is 19.1. The fourth-order valence-corrected chi connectivity index (χ4v) is 1.26. The molecule has 0 amide bonds. The largest absolute Gasteiger partial charge is 0.381 e. The summed E-state index contributed by atoms with van der Waals surface area (Å²) in [6.45, 7) is 0. The lowest BCUT2D eigenvalue weighted by Gasteiger charge is -2.22. The Morgan fingerprint density at radius 2 is 1.78 bits per heavy atom. The number of hydrogen-bond acceptors (Lipinski definition) is 1. The highest BCUT2D eigenvalue weighted by Gasteiger charge is 2.19. The summed E-state index contributed by atoms with van der Waals surface area (Å²) in [5.41, 5.74) is 0. The van der Waals surface area contributed by atoms with E-state index < -0.39 is 6.17 Å². The predicted octanol–water partition coefficient (Wildman–Crippen LogP) is 1.91. The first-order valence-electron chi connectivity index (χ1n) is 3.50. The molecule has 0 heterocycles. The second kappa shape index (κ2) is 3.16. The Morgan fingerprint density at radius 1 is 1.22 bits per heavy atom. The molecule has 0 N–H and O–H groups in total. The van der Waals surface area contributed by atoms with Gasteiger partial charge in [0.05, 0.1) is 6.10 Å². The van der Waals surface area contributed by atoms with Crippen molar-refractivity contribution in [2.24, 2.45) is 0 Å². The van der Waals surface area contributed by atoms with Gasteiger partial charge in [0.2, 0.25) is 0 Å². The summed E-state index contributed by atoms with van der Waals surface area (Å²) >= 11 is 0. The number of alkyl halides is 1. The van der Waals surface area contributed by atoms with Crippen LogP contribution in [0.25, 0.3) is 0 Å². The van der Waals surface area contributed by atoms with Crippen LogP contribution < -0.4 is 0 Å². The molecule has 2 heteroatoms. The Hall–Kier alpha value is -0.110. The van der Waals surface area contributed by atoms with Crippen molar-refractivity contribution >= 4 is 0 Å². The topological polar surface area (TPSA) is 9.23 Å². The normalized spacial score (nSPS) is 36.7. The van der Waals surface area contributed by atoms with Crippen LogP contribution in [-0.4, -0.2) is 19.4 Å². The van der Waals surface area contributed by atoms with Crippen molar-refractivity contribution in [1.82, 2.24) is 0 Å². The van der Waals surface area contributed by atoms with Gasteiger partial charge in [-0.2, -0.15) is 0 Å². The monoisotopic (exact) mass is 132 g/mol. The van der Waals surface area contributed by atoms with E-state index in [-0.39, 0.29) is 0 Å². The minimum absolute atomic E-state index is 0.331. The molecule has 1 aliphatic carbocycles. The van der Waals surface area contributed by atoms with Gasteiger partial charge < -0.3 is 4.74 Å². The number of halogens is 1. The first-order valence-corrected chi connectivity index (χ1v) is 3.50. The van der Waals surface area contributed by atoms with Gasteiger partial charge in [-0.15, -0.1) is 0 Å². The zero-order valence-corrected chi connectivity index (χ0v) is 5.77. The second-order valence-electron chi connectivity index (χ2n) is 2.61. The van der Waals surface area contributed by atoms with Crippen LogP contribution >= 0.6 is 0 Å². The lowest BCUT2D eigenvalue weighted by molar-refractivity contribution is 0.0489. The second-order valence-corrected chi connectivity index (χ2v) is 2.61. The summed E-state index contributed by atoms with van der Waals surface area (Å²) in [5.74, 6) is 0. The molecule has 0 bridgehead atoms. The molecule has 1 rings (SSSR count). The Balaban J connectivity index is 2.18. The SMILES string of the molecule is CO[C@H]1CC[C@@H](F)CC1. The summed E-state index contributed by atoms with van der Waals surface area (Å²) in [4.78, 5) is 0. The van der Waals surface area contributed by atoms with Crippen LogP contribution in [0.5, 0.6) is 0 Å². The minimum Gasteiger partial charge on any atom is -0.381 e. The van der Waals surface area contributed by atoms with E-state index in [2.05, 4.69) is 0 Å². The summed E-state index contributed by atoms with van der Waals surface area (Å²) < 4.78 is 17.5. The van der Waals surface area contributed by atoms with Gasteiger partial charge in [-0.05, 0) is 25.7 Å². The lowest BCUT2D eigenvalue weighted by atomic mass is 9.96. The molecule has 54 valence electrons. The fourth-order valence-electron chi connectivity index (χ4n) is 1.26. The Morgan fingerprint density at radius 3 is 2.22 bits per heavy atom. The summed E-state index contributed by atoms with van der Waals surface area (Å²) in [5, 5.41) is 0. The van der Waals surface area contributed by atoms with Gasteiger partial charge in [-0.25, -0.2) is 4.39 Å². The molecule has 9 heavy (non-hydrogen) atoms. The number of methoxy groups -OCH3 is 1. The van der Waals surface area contributed by atoms with Crippen molar-refractivity contribution in [2.45, 2.75) is 38.0 Å². The molecule has 0 aromatic rings. The van der Waals surface area contributed by atoms with Crippen LogP contribution in [0.1, 0.15) is 25.7 Å². The van der Waals surface area contributed by atoms with Crippen LogP contribution in [0, 0.1) is 0 Å². The number of rotatable bonds is 1. The Bertz CT molecular complexity index is 77.0. The van der Waals surface area contributed by atoms with Crippen LogP contribution in [-0.2, 0) is 4.74 Å². The van der Waals surface area contributed by atoms with E-state index in [1.54, 1.807) is 7.11 Å². The van der Waals surface area contributed by atoms with E-state index >= 15 is 0 Å². The standard InChI is InChI=1S/C7H13FO/c1-9-7-4-2-6(8)3-5-7/h6-7H,2-5H2,1H3/t6-,7+. The zero-order valence-electron chi connectivity index (χ0n) is 5.77. The quantitative estimate of drug-likeness (QED) is 0.529. The average Bonchev–Trinajstić information content (AvgIpc) is 1.90. The van der Waals surface area contributed by atoms with Crippen molar-refractivity contribution in [3.05, 3.63) is 0 Å². The molecule has 1 saturated carbocycles. The van der Waals surface area contributed by atoms with Gasteiger partial charge in [0, 0.05) is 7.11 Å². The summed E-state index contributed by atoms with van der Waals surface area (Å²) in [6.07, 6.45) is 2.96. The zero-order chi connectivity index (χ0) is 6.69. The van der Waals surface area contributed by atoms with Gasteiger partial charge in [0.1, 0.15) is 6.17 Å². The van der Waals surface area contributed by atoms with Crippen LogP contribution in [0.4, 0.5) is 4.39 Å². The predicted molar refractivity (Wildman–Crippen MR) is 34.2 cm³/mol. The number of ether oxygens (including phenoxy) is 1. The fraction of sp³-hybridized carbons (Fsp3) is 1.00. The first-order chi connectivity index (χ1) is 4.33. The van der Waals surface area contributed by atoms with Crippen LogP contribution in [0.2, 0.25) is 0 Å². The maximum absolute atomic E-state index is 12.4. The summed E-state index contributed by atoms with van der Waals surface area (Å²) in [7, 11) is 1.70. The first kappa shape index (κ1) is 7.00. The third-order valence-corrected chi connectivity index (χ3v) is 1.94. The molecule has 1 nitrogen and oxygen atoms in total. The maximum Gasteiger partial charge on any atom is 0.100 e. The van der Waals surface area contributed by atoms with Gasteiger partial charge in [0.15, 0.2) is 0 Å². The molecule has 0 unspecified atom stereocenters. The summed E-state index contributed by atoms with van der Waals surface area (Å²) in [6, 6.07) is 0. The third kappa shape index (κ3) is 1.94. The van der Waals surface area contributed by atoms with Gasteiger partial charge >= 0.3 is 0 Å². The van der Waals surface area contributed by atoms with Crippen molar-refractivity contribution in [3.8, 4) is 0 Å². The third-order valence-electron chi connectivity index (χ3n) is 1.94. The highest BCUT2D eigenvalue weighted by Crippen LogP contribution is 2.22. The van der Waals surface area contributed by atoms with Crippen molar-refractivity contribution in [2.75, 3.05) is 7.11 Å². The van der Waals surface area contributed by atoms with Crippen molar-refractivity contribution in [1.29, 1.82) is 0 Å². The van der Waals surface area contributed by atoms with Gasteiger partial charge in [-0.1, -0.05) is 0 Å². The molecule has 0 spiro atoms. The smallest absolute Gasteiger partial charge is 0.100 e. The average molecular weight is 132 g/mol. The van der Waals surface area contributed by atoms with Gasteiger partial charge in [0.25, 0.3) is 0 Å². The van der Waals surface area contributed by atoms with Gasteiger partial charge in [-0.3, -0.25) is 0 Å². The minimum atomic E-state index is -0.559. The molecule has 1 fully saturated rings. The molecular weight excluding hydrogens is 119 g/mol. The molecular formula is C7H13FO. The Kier molecular flexibility index (Phi) is 2.46. The van der Waals surface area contributed by atoms with Crippen LogP contribution in [0.3, 0.4) is 0 Å². The molecule has 0 aliphatic heterocycles. The molecule has 0 aromatic carbocycles.